The molecule has 1 aliphatic heterocycles. The van der Waals surface area contributed by atoms with E-state index >= 15 is 0 Å². The number of carbonyl (C=O) groups is 2. The third kappa shape index (κ3) is 8.85. The quantitative estimate of drug-likeness (QED) is 0.343. The first-order valence-electron chi connectivity index (χ1n) is 12.1. The molecule has 0 spiro atoms. The van der Waals surface area contributed by atoms with E-state index in [0.717, 1.165) is 29.9 Å². The monoisotopic (exact) mass is 503 g/mol. The topological polar surface area (TPSA) is 87.1 Å². The third-order valence-electron chi connectivity index (χ3n) is 6.14. The molecule has 1 fully saturated rings. The normalized spacial score (nSPS) is 17.7. The van der Waals surface area contributed by atoms with Gasteiger partial charge in [0.25, 0.3) is 0 Å². The summed E-state index contributed by atoms with van der Waals surface area (Å²) in [6, 6.07) is 13.2. The number of ether oxygens (including phenoxy) is 1. The van der Waals surface area contributed by atoms with Gasteiger partial charge in [-0.3, -0.25) is 9.59 Å². The van der Waals surface area contributed by atoms with Gasteiger partial charge < -0.3 is 19.8 Å². The summed E-state index contributed by atoms with van der Waals surface area (Å²) in [4.78, 5) is 25.3. The van der Waals surface area contributed by atoms with Crippen LogP contribution in [0.25, 0.3) is 0 Å². The largest absolute Gasteiger partial charge is 0.481 e. The van der Waals surface area contributed by atoms with Crippen molar-refractivity contribution in [1.82, 2.24) is 4.90 Å². The first-order valence-corrected chi connectivity index (χ1v) is 13.3. The van der Waals surface area contributed by atoms with Crippen LogP contribution in [0.2, 0.25) is 0 Å². The number of carbonyl (C=O) groups excluding carboxylic acids is 1. The molecule has 1 heterocycles. The molecule has 0 aliphatic carbocycles. The van der Waals surface area contributed by atoms with Crippen molar-refractivity contribution in [2.45, 2.75) is 57.6 Å². The highest BCUT2D eigenvalue weighted by atomic mass is 32.2. The molecule has 0 saturated carbocycles. The number of aliphatic hydroxyl groups is 1. The van der Waals surface area contributed by atoms with Crippen molar-refractivity contribution in [2.75, 3.05) is 18.1 Å². The Balaban J connectivity index is 1.51. The maximum absolute atomic E-state index is 13.4. The molecule has 0 radical (unpaired) electrons. The Kier molecular flexibility index (Phi) is 10.4. The van der Waals surface area contributed by atoms with E-state index in [9.17, 15) is 19.1 Å². The van der Waals surface area contributed by atoms with Crippen LogP contribution in [-0.2, 0) is 9.59 Å². The Morgan fingerprint density at radius 2 is 1.97 bits per heavy atom. The number of likely N-dealkylation sites (tertiary alicyclic amines) is 1. The van der Waals surface area contributed by atoms with Gasteiger partial charge in [0.1, 0.15) is 17.3 Å². The number of carboxylic acid groups (broad SMARTS) is 1. The SMILES string of the molecule is CC(CSCCN1C(=O)CCC[C@@H]1CC[C@@H](O)c1cccc(Oc2cccc(F)c2)c1)CC(=O)O. The van der Waals surface area contributed by atoms with Crippen LogP contribution < -0.4 is 4.74 Å². The van der Waals surface area contributed by atoms with Crippen molar-refractivity contribution < 1.29 is 28.9 Å². The van der Waals surface area contributed by atoms with E-state index in [2.05, 4.69) is 0 Å². The Morgan fingerprint density at radius 3 is 2.71 bits per heavy atom. The molecule has 3 rings (SSSR count). The van der Waals surface area contributed by atoms with Gasteiger partial charge in [-0.15, -0.1) is 0 Å². The molecule has 190 valence electrons. The van der Waals surface area contributed by atoms with Gasteiger partial charge in [-0.2, -0.15) is 11.8 Å². The molecule has 8 heteroatoms. The van der Waals surface area contributed by atoms with Crippen LogP contribution in [-0.4, -0.2) is 51.1 Å². The summed E-state index contributed by atoms with van der Waals surface area (Å²) in [6.45, 7) is 2.57. The van der Waals surface area contributed by atoms with Crippen LogP contribution in [0.15, 0.2) is 48.5 Å². The molecular weight excluding hydrogens is 469 g/mol. The Labute approximate surface area is 210 Å². The van der Waals surface area contributed by atoms with Gasteiger partial charge in [0.15, 0.2) is 0 Å². The predicted molar refractivity (Wildman–Crippen MR) is 135 cm³/mol. The van der Waals surface area contributed by atoms with Gasteiger partial charge in [-0.1, -0.05) is 25.1 Å². The average Bonchev–Trinajstić information content (AvgIpc) is 2.81. The molecule has 1 saturated heterocycles. The van der Waals surface area contributed by atoms with Crippen LogP contribution in [0.4, 0.5) is 4.39 Å². The summed E-state index contributed by atoms with van der Waals surface area (Å²) in [5.41, 5.74) is 0.718. The summed E-state index contributed by atoms with van der Waals surface area (Å²) in [6.07, 6.45) is 3.00. The number of amides is 1. The van der Waals surface area contributed by atoms with Crippen molar-refractivity contribution in [3.8, 4) is 11.5 Å². The number of hydrogen-bond acceptors (Lipinski definition) is 5. The number of piperidine rings is 1. The lowest BCUT2D eigenvalue weighted by Crippen LogP contribution is -2.45. The molecule has 3 atom stereocenters. The lowest BCUT2D eigenvalue weighted by atomic mass is 9.94. The van der Waals surface area contributed by atoms with Crippen LogP contribution in [0.3, 0.4) is 0 Å². The second kappa shape index (κ2) is 13.5. The number of aliphatic carboxylic acids is 1. The van der Waals surface area contributed by atoms with E-state index in [1.54, 1.807) is 42.1 Å². The molecule has 1 amide bonds. The van der Waals surface area contributed by atoms with Gasteiger partial charge in [-0.25, -0.2) is 4.39 Å². The lowest BCUT2D eigenvalue weighted by Gasteiger charge is -2.36. The maximum atomic E-state index is 13.4. The smallest absolute Gasteiger partial charge is 0.303 e. The summed E-state index contributed by atoms with van der Waals surface area (Å²) >= 11 is 1.68. The second-order valence-electron chi connectivity index (χ2n) is 9.14. The molecule has 1 aliphatic rings. The summed E-state index contributed by atoms with van der Waals surface area (Å²) in [7, 11) is 0. The minimum absolute atomic E-state index is 0.0923. The van der Waals surface area contributed by atoms with Crippen molar-refractivity contribution in [1.29, 1.82) is 0 Å². The predicted octanol–water partition coefficient (Wildman–Crippen LogP) is 5.66. The molecule has 2 aromatic carbocycles. The Hall–Kier alpha value is -2.58. The molecular formula is C27H34FNO5S. The standard InChI is InChI=1S/C27H34FNO5S/c1-19(15-27(32)33)18-35-14-13-29-22(7-4-10-26(29)31)11-12-25(30)20-5-2-8-23(16-20)34-24-9-3-6-21(28)17-24/h2-3,5-6,8-9,16-17,19,22,25,30H,4,7,10-15,18H2,1H3,(H,32,33)/t19?,22-,25-/m1/s1. The minimum Gasteiger partial charge on any atom is -0.481 e. The van der Waals surface area contributed by atoms with Gasteiger partial charge in [-0.05, 0) is 67.2 Å². The van der Waals surface area contributed by atoms with E-state index in [4.69, 9.17) is 9.84 Å². The maximum Gasteiger partial charge on any atom is 0.303 e. The number of hydrogen-bond donors (Lipinski definition) is 2. The summed E-state index contributed by atoms with van der Waals surface area (Å²) < 4.78 is 19.2. The fourth-order valence-electron chi connectivity index (χ4n) is 4.37. The minimum atomic E-state index is -0.783. The average molecular weight is 504 g/mol. The number of thioether (sulfide) groups is 1. The zero-order valence-corrected chi connectivity index (χ0v) is 20.9. The van der Waals surface area contributed by atoms with Crippen molar-refractivity contribution >= 4 is 23.6 Å². The number of rotatable bonds is 13. The number of halogens is 1. The number of nitrogens with zero attached hydrogens (tertiary/aromatic N) is 1. The summed E-state index contributed by atoms with van der Waals surface area (Å²) in [5.74, 6) is 1.54. The first-order chi connectivity index (χ1) is 16.8. The lowest BCUT2D eigenvalue weighted by molar-refractivity contribution is -0.138. The van der Waals surface area contributed by atoms with E-state index in [-0.39, 0.29) is 30.1 Å². The van der Waals surface area contributed by atoms with Crippen LogP contribution in [0.1, 0.15) is 57.1 Å². The third-order valence-corrected chi connectivity index (χ3v) is 7.42. The van der Waals surface area contributed by atoms with E-state index < -0.39 is 12.1 Å². The van der Waals surface area contributed by atoms with Crippen LogP contribution in [0.5, 0.6) is 11.5 Å². The number of benzene rings is 2. The van der Waals surface area contributed by atoms with E-state index in [1.165, 1.54) is 12.1 Å². The fraction of sp³-hybridized carbons (Fsp3) is 0.481. The van der Waals surface area contributed by atoms with Gasteiger partial charge in [0.2, 0.25) is 5.91 Å². The first kappa shape index (κ1) is 27.0. The number of carboxylic acids is 1. The molecule has 0 bridgehead atoms. The van der Waals surface area contributed by atoms with Gasteiger partial charge in [0.05, 0.1) is 6.10 Å². The van der Waals surface area contributed by atoms with Gasteiger partial charge in [0, 0.05) is 37.2 Å². The molecule has 2 aromatic rings. The van der Waals surface area contributed by atoms with E-state index in [0.29, 0.717) is 37.3 Å². The molecule has 6 nitrogen and oxygen atoms in total. The zero-order chi connectivity index (χ0) is 25.2. The second-order valence-corrected chi connectivity index (χ2v) is 10.3. The molecule has 0 aromatic heterocycles. The van der Waals surface area contributed by atoms with Crippen molar-refractivity contribution in [3.05, 3.63) is 59.9 Å². The van der Waals surface area contributed by atoms with Crippen LogP contribution >= 0.6 is 11.8 Å². The molecule has 35 heavy (non-hydrogen) atoms. The van der Waals surface area contributed by atoms with Crippen molar-refractivity contribution in [2.24, 2.45) is 5.92 Å². The Bertz CT molecular complexity index is 988. The fourth-order valence-corrected chi connectivity index (χ4v) is 5.39. The highest BCUT2D eigenvalue weighted by Crippen LogP contribution is 2.29. The number of aliphatic hydroxyl groups excluding tert-OH is 1. The zero-order valence-electron chi connectivity index (χ0n) is 20.1. The van der Waals surface area contributed by atoms with Crippen molar-refractivity contribution in [3.63, 3.8) is 0 Å². The molecule has 1 unspecified atom stereocenters. The molecule has 2 N–H and O–H groups in total. The highest BCUT2D eigenvalue weighted by Gasteiger charge is 2.28. The summed E-state index contributed by atoms with van der Waals surface area (Å²) in [5, 5.41) is 19.7. The van der Waals surface area contributed by atoms with E-state index in [1.807, 2.05) is 17.9 Å². The Morgan fingerprint density at radius 1 is 1.23 bits per heavy atom. The highest BCUT2D eigenvalue weighted by molar-refractivity contribution is 7.99. The van der Waals surface area contributed by atoms with Gasteiger partial charge >= 0.3 is 5.97 Å². The van der Waals surface area contributed by atoms with Crippen LogP contribution in [0, 0.1) is 11.7 Å².